The van der Waals surface area contributed by atoms with E-state index >= 15 is 0 Å². The summed E-state index contributed by atoms with van der Waals surface area (Å²) in [6.45, 7) is 1.71. The Hall–Kier alpha value is -2.47. The van der Waals surface area contributed by atoms with E-state index in [2.05, 4.69) is 10.3 Å². The van der Waals surface area contributed by atoms with Gasteiger partial charge in [-0.25, -0.2) is 9.37 Å². The zero-order valence-corrected chi connectivity index (χ0v) is 13.2. The Bertz CT molecular complexity index is 685. The summed E-state index contributed by atoms with van der Waals surface area (Å²) in [5.74, 6) is -0.0246. The monoisotopic (exact) mass is 330 g/mol. The van der Waals surface area contributed by atoms with Gasteiger partial charge >= 0.3 is 0 Å². The number of nitrogens with zero attached hydrogens (tertiary/aromatic N) is 1. The summed E-state index contributed by atoms with van der Waals surface area (Å²) in [5, 5.41) is 2.84. The van der Waals surface area contributed by atoms with Crippen LogP contribution in [0.1, 0.15) is 22.3 Å². The van der Waals surface area contributed by atoms with E-state index in [0.717, 1.165) is 12.0 Å². The smallest absolute Gasteiger partial charge is 0.251 e. The van der Waals surface area contributed by atoms with E-state index < -0.39 is 0 Å². The van der Waals surface area contributed by atoms with E-state index in [-0.39, 0.29) is 17.8 Å². The minimum Gasteiger partial charge on any atom is -0.472 e. The zero-order chi connectivity index (χ0) is 16.8. The Morgan fingerprint density at radius 1 is 1.33 bits per heavy atom. The normalized spacial score (nSPS) is 16.8. The van der Waals surface area contributed by atoms with Gasteiger partial charge in [0, 0.05) is 30.8 Å². The Labute approximate surface area is 139 Å². The van der Waals surface area contributed by atoms with E-state index in [1.165, 1.54) is 12.1 Å². The molecule has 0 radical (unpaired) electrons. The molecule has 24 heavy (non-hydrogen) atoms. The van der Waals surface area contributed by atoms with E-state index in [1.807, 2.05) is 0 Å². The highest BCUT2D eigenvalue weighted by Gasteiger charge is 2.18. The Balaban J connectivity index is 1.51. The number of hydrogen-bond donors (Lipinski definition) is 1. The summed E-state index contributed by atoms with van der Waals surface area (Å²) in [7, 11) is 0. The molecule has 1 aliphatic rings. The SMILES string of the molecule is O=C(NCCc1ccc(F)cc1)c1ccnc(OC2CCOC2)c1. The lowest BCUT2D eigenvalue weighted by molar-refractivity contribution is 0.0952. The molecule has 0 spiro atoms. The van der Waals surface area contributed by atoms with Gasteiger partial charge in [-0.3, -0.25) is 4.79 Å². The molecule has 1 fully saturated rings. The lowest BCUT2D eigenvalue weighted by atomic mass is 10.1. The summed E-state index contributed by atoms with van der Waals surface area (Å²) < 4.78 is 23.8. The summed E-state index contributed by atoms with van der Waals surface area (Å²) in [4.78, 5) is 16.3. The van der Waals surface area contributed by atoms with E-state index in [4.69, 9.17) is 9.47 Å². The standard InChI is InChI=1S/C18H19FN2O3/c19-15-3-1-13(2-4-15)5-8-21-18(22)14-6-9-20-17(11-14)24-16-7-10-23-12-16/h1-4,6,9,11,16H,5,7-8,10,12H2,(H,21,22). The molecule has 5 nitrogen and oxygen atoms in total. The highest BCUT2D eigenvalue weighted by molar-refractivity contribution is 5.94. The summed E-state index contributed by atoms with van der Waals surface area (Å²) in [5.41, 5.74) is 1.47. The first-order valence-electron chi connectivity index (χ1n) is 7.94. The predicted molar refractivity (Wildman–Crippen MR) is 86.5 cm³/mol. The molecule has 1 saturated heterocycles. The number of benzene rings is 1. The number of carbonyl (C=O) groups is 1. The van der Waals surface area contributed by atoms with Crippen molar-refractivity contribution in [3.8, 4) is 5.88 Å². The van der Waals surface area contributed by atoms with Crippen molar-refractivity contribution < 1.29 is 18.7 Å². The van der Waals surface area contributed by atoms with Crippen LogP contribution in [0.5, 0.6) is 5.88 Å². The van der Waals surface area contributed by atoms with Crippen LogP contribution in [0.4, 0.5) is 4.39 Å². The Morgan fingerprint density at radius 2 is 2.17 bits per heavy atom. The van der Waals surface area contributed by atoms with Crippen LogP contribution in [0.25, 0.3) is 0 Å². The van der Waals surface area contributed by atoms with Crippen molar-refractivity contribution in [2.75, 3.05) is 19.8 Å². The van der Waals surface area contributed by atoms with Crippen LogP contribution >= 0.6 is 0 Å². The van der Waals surface area contributed by atoms with Gasteiger partial charge < -0.3 is 14.8 Å². The van der Waals surface area contributed by atoms with Crippen LogP contribution in [0.15, 0.2) is 42.6 Å². The number of rotatable bonds is 6. The Morgan fingerprint density at radius 3 is 2.92 bits per heavy atom. The number of halogens is 1. The van der Waals surface area contributed by atoms with Gasteiger partial charge in [0.05, 0.1) is 13.2 Å². The van der Waals surface area contributed by atoms with Crippen molar-refractivity contribution in [3.05, 3.63) is 59.5 Å². The van der Waals surface area contributed by atoms with Crippen LogP contribution in [-0.2, 0) is 11.2 Å². The molecule has 0 bridgehead atoms. The molecule has 0 saturated carbocycles. The molecule has 1 amide bonds. The first kappa shape index (κ1) is 16.4. The van der Waals surface area contributed by atoms with Gasteiger partial charge in [0.25, 0.3) is 5.91 Å². The average Bonchev–Trinajstić information content (AvgIpc) is 3.10. The second-order valence-corrected chi connectivity index (χ2v) is 5.62. The largest absolute Gasteiger partial charge is 0.472 e. The first-order chi connectivity index (χ1) is 11.7. The third kappa shape index (κ3) is 4.52. The minimum absolute atomic E-state index is 0.00529. The molecule has 1 aliphatic heterocycles. The fraction of sp³-hybridized carbons (Fsp3) is 0.333. The topological polar surface area (TPSA) is 60.5 Å². The van der Waals surface area contributed by atoms with Crippen molar-refractivity contribution in [2.24, 2.45) is 0 Å². The van der Waals surface area contributed by atoms with Gasteiger partial charge in [0.1, 0.15) is 11.9 Å². The molecule has 0 aliphatic carbocycles. The van der Waals surface area contributed by atoms with Crippen LogP contribution in [0.2, 0.25) is 0 Å². The van der Waals surface area contributed by atoms with Gasteiger partial charge in [-0.1, -0.05) is 12.1 Å². The van der Waals surface area contributed by atoms with Crippen LogP contribution in [0, 0.1) is 5.82 Å². The molecule has 1 aromatic heterocycles. The number of carbonyl (C=O) groups excluding carboxylic acids is 1. The number of aromatic nitrogens is 1. The summed E-state index contributed by atoms with van der Waals surface area (Å²) >= 11 is 0. The third-order valence-corrected chi connectivity index (χ3v) is 3.78. The molecular weight excluding hydrogens is 311 g/mol. The van der Waals surface area contributed by atoms with E-state index in [1.54, 1.807) is 30.5 Å². The lowest BCUT2D eigenvalue weighted by Gasteiger charge is -2.11. The highest BCUT2D eigenvalue weighted by atomic mass is 19.1. The van der Waals surface area contributed by atoms with Gasteiger partial charge in [-0.05, 0) is 30.2 Å². The maximum atomic E-state index is 12.8. The van der Waals surface area contributed by atoms with Gasteiger partial charge in [-0.2, -0.15) is 0 Å². The van der Waals surface area contributed by atoms with Gasteiger partial charge in [-0.15, -0.1) is 0 Å². The highest BCUT2D eigenvalue weighted by Crippen LogP contribution is 2.15. The average molecular weight is 330 g/mol. The predicted octanol–water partition coefficient (Wildman–Crippen LogP) is 2.36. The molecule has 1 N–H and O–H groups in total. The maximum Gasteiger partial charge on any atom is 0.251 e. The number of pyridine rings is 1. The molecule has 1 aromatic carbocycles. The Kier molecular flexibility index (Phi) is 5.38. The van der Waals surface area contributed by atoms with Crippen molar-refractivity contribution >= 4 is 5.91 Å². The third-order valence-electron chi connectivity index (χ3n) is 3.78. The lowest BCUT2D eigenvalue weighted by Crippen LogP contribution is -2.26. The molecule has 3 rings (SSSR count). The molecule has 126 valence electrons. The van der Waals surface area contributed by atoms with Crippen molar-refractivity contribution in [1.82, 2.24) is 10.3 Å². The maximum absolute atomic E-state index is 12.8. The minimum atomic E-state index is -0.264. The number of hydrogen-bond acceptors (Lipinski definition) is 4. The zero-order valence-electron chi connectivity index (χ0n) is 13.2. The molecular formula is C18H19FN2O3. The van der Waals surface area contributed by atoms with Crippen molar-refractivity contribution in [1.29, 1.82) is 0 Å². The van der Waals surface area contributed by atoms with Gasteiger partial charge in [0.15, 0.2) is 0 Å². The van der Waals surface area contributed by atoms with E-state index in [9.17, 15) is 9.18 Å². The molecule has 1 atom stereocenters. The molecule has 2 aromatic rings. The number of ether oxygens (including phenoxy) is 2. The number of amides is 1. The number of nitrogens with one attached hydrogen (secondary N) is 1. The molecule has 6 heteroatoms. The fourth-order valence-corrected chi connectivity index (χ4v) is 2.47. The summed E-state index contributed by atoms with van der Waals surface area (Å²) in [6.07, 6.45) is 3.02. The van der Waals surface area contributed by atoms with Crippen LogP contribution in [-0.4, -0.2) is 36.8 Å². The quantitative estimate of drug-likeness (QED) is 0.883. The fourth-order valence-electron chi connectivity index (χ4n) is 2.47. The molecule has 2 heterocycles. The summed E-state index contributed by atoms with van der Waals surface area (Å²) in [6, 6.07) is 9.52. The van der Waals surface area contributed by atoms with E-state index in [0.29, 0.717) is 37.6 Å². The van der Waals surface area contributed by atoms with Crippen LogP contribution in [0.3, 0.4) is 0 Å². The second-order valence-electron chi connectivity index (χ2n) is 5.62. The van der Waals surface area contributed by atoms with Crippen molar-refractivity contribution in [3.63, 3.8) is 0 Å². The van der Waals surface area contributed by atoms with Gasteiger partial charge in [0.2, 0.25) is 5.88 Å². The molecule has 1 unspecified atom stereocenters. The van der Waals surface area contributed by atoms with Crippen molar-refractivity contribution in [2.45, 2.75) is 18.9 Å². The second kappa shape index (κ2) is 7.88. The van der Waals surface area contributed by atoms with Crippen LogP contribution < -0.4 is 10.1 Å². The first-order valence-corrected chi connectivity index (χ1v) is 7.94.